The monoisotopic (exact) mass is 326 g/mol. The third kappa shape index (κ3) is 3.80. The van der Waals surface area contributed by atoms with Gasteiger partial charge in [0, 0.05) is 13.6 Å². The van der Waals surface area contributed by atoms with Crippen LogP contribution in [0.3, 0.4) is 0 Å². The van der Waals surface area contributed by atoms with Gasteiger partial charge in [0.1, 0.15) is 5.75 Å². The highest BCUT2D eigenvalue weighted by Gasteiger charge is 2.26. The molecule has 0 aromatic heterocycles. The highest BCUT2D eigenvalue weighted by Crippen LogP contribution is 2.25. The number of piperidine rings is 1. The Bertz CT molecular complexity index is 608. The number of hydrogen-bond donors (Lipinski definition) is 0. The van der Waals surface area contributed by atoms with Crippen molar-refractivity contribution in [1.82, 2.24) is 9.21 Å². The molecule has 1 saturated heterocycles. The second-order valence-corrected chi connectivity index (χ2v) is 8.21. The van der Waals surface area contributed by atoms with Gasteiger partial charge in [-0.25, -0.2) is 12.7 Å². The molecule has 2 rings (SSSR count). The van der Waals surface area contributed by atoms with Crippen LogP contribution in [0.25, 0.3) is 0 Å². The van der Waals surface area contributed by atoms with Gasteiger partial charge in [-0.3, -0.25) is 0 Å². The van der Waals surface area contributed by atoms with E-state index in [4.69, 9.17) is 4.74 Å². The van der Waals surface area contributed by atoms with Crippen molar-refractivity contribution < 1.29 is 13.2 Å². The molecular formula is C16H26N2O3S. The molecule has 0 N–H and O–H groups in total. The molecule has 6 heteroatoms. The smallest absolute Gasteiger partial charge is 0.242 e. The molecule has 1 fully saturated rings. The van der Waals surface area contributed by atoms with Crippen molar-refractivity contribution in [2.45, 2.75) is 24.7 Å². The van der Waals surface area contributed by atoms with E-state index in [1.54, 1.807) is 32.4 Å². The molecule has 1 aromatic carbocycles. The van der Waals surface area contributed by atoms with Gasteiger partial charge in [-0.1, -0.05) is 0 Å². The van der Waals surface area contributed by atoms with Crippen molar-refractivity contribution in [1.29, 1.82) is 0 Å². The summed E-state index contributed by atoms with van der Waals surface area (Å²) in [7, 11) is 1.93. The van der Waals surface area contributed by atoms with Crippen LogP contribution in [0.2, 0.25) is 0 Å². The summed E-state index contributed by atoms with van der Waals surface area (Å²) in [5.74, 6) is 1.15. The maximum absolute atomic E-state index is 12.7. The predicted molar refractivity (Wildman–Crippen MR) is 87.8 cm³/mol. The summed E-state index contributed by atoms with van der Waals surface area (Å²) in [6, 6.07) is 5.01. The quantitative estimate of drug-likeness (QED) is 0.830. The van der Waals surface area contributed by atoms with Crippen molar-refractivity contribution in [2.24, 2.45) is 5.92 Å². The number of benzene rings is 1. The molecule has 124 valence electrons. The Morgan fingerprint density at radius 1 is 1.32 bits per heavy atom. The van der Waals surface area contributed by atoms with Crippen molar-refractivity contribution in [3.8, 4) is 5.75 Å². The maximum Gasteiger partial charge on any atom is 0.242 e. The van der Waals surface area contributed by atoms with E-state index in [1.165, 1.54) is 4.31 Å². The number of nitrogens with zero attached hydrogens (tertiary/aromatic N) is 2. The van der Waals surface area contributed by atoms with Gasteiger partial charge < -0.3 is 9.64 Å². The average Bonchev–Trinajstić information content (AvgIpc) is 2.49. The van der Waals surface area contributed by atoms with E-state index >= 15 is 0 Å². The van der Waals surface area contributed by atoms with Crippen molar-refractivity contribution in [3.05, 3.63) is 23.8 Å². The third-order valence-electron chi connectivity index (χ3n) is 4.43. The first-order valence-electron chi connectivity index (χ1n) is 7.64. The molecule has 1 aliphatic heterocycles. The molecule has 22 heavy (non-hydrogen) atoms. The van der Waals surface area contributed by atoms with E-state index in [0.29, 0.717) is 23.1 Å². The molecule has 0 saturated carbocycles. The van der Waals surface area contributed by atoms with Crippen molar-refractivity contribution in [2.75, 3.05) is 40.8 Å². The van der Waals surface area contributed by atoms with Crippen LogP contribution in [-0.4, -0.2) is 58.5 Å². The standard InChI is InChI=1S/C16H26N2O3S/c1-13-11-15(5-6-16(13)21-4)22(19,20)18(3)12-14-7-9-17(2)10-8-14/h5-6,11,14H,7-10,12H2,1-4H3. The van der Waals surface area contributed by atoms with Crippen LogP contribution in [0.4, 0.5) is 0 Å². The number of hydrogen-bond acceptors (Lipinski definition) is 4. The highest BCUT2D eigenvalue weighted by atomic mass is 32.2. The maximum atomic E-state index is 12.7. The molecule has 0 spiro atoms. The number of methoxy groups -OCH3 is 1. The first kappa shape index (κ1) is 17.2. The summed E-state index contributed by atoms with van der Waals surface area (Å²) in [6.45, 7) is 4.52. The van der Waals surface area contributed by atoms with Crippen molar-refractivity contribution >= 4 is 10.0 Å². The first-order chi connectivity index (χ1) is 10.3. The fourth-order valence-electron chi connectivity index (χ4n) is 2.90. The van der Waals surface area contributed by atoms with Gasteiger partial charge in [-0.05, 0) is 69.6 Å². The van der Waals surface area contributed by atoms with Gasteiger partial charge >= 0.3 is 0 Å². The Balaban J connectivity index is 2.10. The first-order valence-corrected chi connectivity index (χ1v) is 9.08. The zero-order chi connectivity index (χ0) is 16.3. The van der Waals surface area contributed by atoms with E-state index in [9.17, 15) is 8.42 Å². The largest absolute Gasteiger partial charge is 0.496 e. The molecule has 0 bridgehead atoms. The molecule has 0 radical (unpaired) electrons. The van der Waals surface area contributed by atoms with E-state index < -0.39 is 10.0 Å². The van der Waals surface area contributed by atoms with Crippen LogP contribution >= 0.6 is 0 Å². The van der Waals surface area contributed by atoms with Crippen LogP contribution < -0.4 is 4.74 Å². The summed E-state index contributed by atoms with van der Waals surface area (Å²) in [5, 5.41) is 0. The number of sulfonamides is 1. The van der Waals surface area contributed by atoms with Gasteiger partial charge in [0.2, 0.25) is 10.0 Å². The SMILES string of the molecule is COc1ccc(S(=O)(=O)N(C)CC2CCN(C)CC2)cc1C. The number of likely N-dealkylation sites (tertiary alicyclic amines) is 1. The number of ether oxygens (including phenoxy) is 1. The molecule has 5 nitrogen and oxygen atoms in total. The fourth-order valence-corrected chi connectivity index (χ4v) is 4.23. The summed E-state index contributed by atoms with van der Waals surface area (Å²) >= 11 is 0. The second-order valence-electron chi connectivity index (χ2n) is 6.16. The summed E-state index contributed by atoms with van der Waals surface area (Å²) in [6.07, 6.45) is 2.11. The molecule has 1 aliphatic rings. The minimum absolute atomic E-state index is 0.334. The highest BCUT2D eigenvalue weighted by molar-refractivity contribution is 7.89. The lowest BCUT2D eigenvalue weighted by molar-refractivity contribution is 0.202. The lowest BCUT2D eigenvalue weighted by atomic mass is 9.97. The normalized spacial score (nSPS) is 17.9. The van der Waals surface area contributed by atoms with Gasteiger partial charge in [0.15, 0.2) is 0 Å². The minimum atomic E-state index is -3.44. The summed E-state index contributed by atoms with van der Waals surface area (Å²) in [4.78, 5) is 2.62. The van der Waals surface area contributed by atoms with E-state index in [0.717, 1.165) is 31.5 Å². The topological polar surface area (TPSA) is 49.9 Å². The number of rotatable bonds is 5. The molecule has 0 unspecified atom stereocenters. The Morgan fingerprint density at radius 2 is 1.95 bits per heavy atom. The third-order valence-corrected chi connectivity index (χ3v) is 6.25. The Hall–Kier alpha value is -1.11. The Morgan fingerprint density at radius 3 is 2.50 bits per heavy atom. The molecule has 1 heterocycles. The van der Waals surface area contributed by atoms with Crippen LogP contribution in [0, 0.1) is 12.8 Å². The Kier molecular flexibility index (Phi) is 5.47. The summed E-state index contributed by atoms with van der Waals surface area (Å²) < 4.78 is 32.1. The predicted octanol–water partition coefficient (Wildman–Crippen LogP) is 1.97. The lowest BCUT2D eigenvalue weighted by Gasteiger charge is -2.31. The van der Waals surface area contributed by atoms with Crippen LogP contribution in [0.15, 0.2) is 23.1 Å². The second kappa shape index (κ2) is 6.98. The van der Waals surface area contributed by atoms with Crippen LogP contribution in [-0.2, 0) is 10.0 Å². The van der Waals surface area contributed by atoms with Gasteiger partial charge in [0.05, 0.1) is 12.0 Å². The van der Waals surface area contributed by atoms with Crippen molar-refractivity contribution in [3.63, 3.8) is 0 Å². The fraction of sp³-hybridized carbons (Fsp3) is 0.625. The molecule has 1 aromatic rings. The molecule has 0 amide bonds. The van der Waals surface area contributed by atoms with Crippen LogP contribution in [0.5, 0.6) is 5.75 Å². The van der Waals surface area contributed by atoms with Gasteiger partial charge in [-0.15, -0.1) is 0 Å². The van der Waals surface area contributed by atoms with E-state index in [-0.39, 0.29) is 0 Å². The van der Waals surface area contributed by atoms with E-state index in [1.807, 2.05) is 6.92 Å². The zero-order valence-corrected chi connectivity index (χ0v) is 14.7. The molecule has 0 atom stereocenters. The van der Waals surface area contributed by atoms with Gasteiger partial charge in [-0.2, -0.15) is 0 Å². The molecule has 0 aliphatic carbocycles. The summed E-state index contributed by atoms with van der Waals surface area (Å²) in [5.41, 5.74) is 0.830. The lowest BCUT2D eigenvalue weighted by Crippen LogP contribution is -2.37. The molecular weight excluding hydrogens is 300 g/mol. The average molecular weight is 326 g/mol. The van der Waals surface area contributed by atoms with Crippen LogP contribution in [0.1, 0.15) is 18.4 Å². The van der Waals surface area contributed by atoms with Gasteiger partial charge in [0.25, 0.3) is 0 Å². The van der Waals surface area contributed by atoms with E-state index in [2.05, 4.69) is 11.9 Å². The number of aryl methyl sites for hydroxylation is 1. The Labute approximate surface area is 133 Å². The zero-order valence-electron chi connectivity index (χ0n) is 13.9. The minimum Gasteiger partial charge on any atom is -0.496 e.